The van der Waals surface area contributed by atoms with Gasteiger partial charge in [-0.2, -0.15) is 23.5 Å². The Kier molecular flexibility index (Phi) is 6.05. The number of hydrogen-bond acceptors (Lipinski definition) is 5. The van der Waals surface area contributed by atoms with Crippen molar-refractivity contribution in [1.29, 1.82) is 5.26 Å². The van der Waals surface area contributed by atoms with Crippen LogP contribution >= 0.6 is 0 Å². The fourth-order valence-corrected chi connectivity index (χ4v) is 3.65. The van der Waals surface area contributed by atoms with Crippen molar-refractivity contribution < 1.29 is 23.1 Å². The van der Waals surface area contributed by atoms with Crippen LogP contribution in [0.15, 0.2) is 31.0 Å². The predicted molar refractivity (Wildman–Crippen MR) is 100 cm³/mol. The fraction of sp³-hybridized carbons (Fsp3) is 0.421. The molecule has 1 aliphatic carbocycles. The second kappa shape index (κ2) is 8.52. The predicted octanol–water partition coefficient (Wildman–Crippen LogP) is 4.03. The highest BCUT2D eigenvalue weighted by Crippen LogP contribution is 2.38. The third-order valence-corrected chi connectivity index (χ3v) is 5.13. The Morgan fingerprint density at radius 1 is 1.30 bits per heavy atom. The van der Waals surface area contributed by atoms with Crippen LogP contribution in [-0.2, 0) is 10.3 Å². The maximum atomic E-state index is 10.6. The Bertz CT molecular complexity index is 1060. The minimum atomic E-state index is -5.08. The van der Waals surface area contributed by atoms with Gasteiger partial charge in [0.15, 0.2) is 0 Å². The standard InChI is InChI=1S/C17H18N6.C2HF3O2/c18-8-7-17(5-2-1-3-6-17)23-11-13(10-22-23)15-14-4-9-19-16(14)21-12-20-15;3-2(4,5)1(6)7/h4,9-12H,1-3,5-7H2,(H,19,20,21);(H,6,7). The Morgan fingerprint density at radius 3 is 2.63 bits per heavy atom. The second-order valence-corrected chi connectivity index (χ2v) is 7.06. The lowest BCUT2D eigenvalue weighted by molar-refractivity contribution is -0.192. The molecule has 2 N–H and O–H groups in total. The number of halogens is 3. The van der Waals surface area contributed by atoms with Gasteiger partial charge in [-0.3, -0.25) is 4.68 Å². The van der Waals surface area contributed by atoms with Crippen LogP contribution in [0.5, 0.6) is 0 Å². The van der Waals surface area contributed by atoms with Crippen molar-refractivity contribution in [3.63, 3.8) is 0 Å². The molecular weight excluding hydrogens is 401 g/mol. The van der Waals surface area contributed by atoms with E-state index in [9.17, 15) is 18.4 Å². The normalized spacial score (nSPS) is 15.8. The van der Waals surface area contributed by atoms with Gasteiger partial charge in [-0.1, -0.05) is 19.3 Å². The second-order valence-electron chi connectivity index (χ2n) is 7.06. The van der Waals surface area contributed by atoms with Crippen molar-refractivity contribution in [1.82, 2.24) is 24.7 Å². The number of carboxylic acid groups (broad SMARTS) is 1. The topological polar surface area (TPSA) is 120 Å². The summed E-state index contributed by atoms with van der Waals surface area (Å²) < 4.78 is 33.7. The van der Waals surface area contributed by atoms with Crippen LogP contribution in [0.2, 0.25) is 0 Å². The number of alkyl halides is 3. The van der Waals surface area contributed by atoms with Crippen LogP contribution in [0.3, 0.4) is 0 Å². The van der Waals surface area contributed by atoms with E-state index in [1.807, 2.05) is 29.3 Å². The SMILES string of the molecule is N#CCC1(n2cc(-c3ncnc4[nH]ccc34)cn2)CCCCC1.O=C(O)C(F)(F)F. The zero-order valence-corrected chi connectivity index (χ0v) is 15.9. The van der Waals surface area contributed by atoms with Gasteiger partial charge in [-0.05, 0) is 18.9 Å². The Hall–Kier alpha value is -3.42. The van der Waals surface area contributed by atoms with Gasteiger partial charge >= 0.3 is 12.1 Å². The summed E-state index contributed by atoms with van der Waals surface area (Å²) in [5.74, 6) is -2.76. The first-order valence-corrected chi connectivity index (χ1v) is 9.27. The number of fused-ring (bicyclic) bond motifs is 1. The van der Waals surface area contributed by atoms with Gasteiger partial charge in [0.25, 0.3) is 0 Å². The number of nitrogens with one attached hydrogen (secondary N) is 1. The number of nitrogens with zero attached hydrogens (tertiary/aromatic N) is 5. The number of H-pyrrole nitrogens is 1. The highest BCUT2D eigenvalue weighted by Gasteiger charge is 2.38. The molecule has 0 saturated heterocycles. The molecule has 0 unspecified atom stereocenters. The van der Waals surface area contributed by atoms with Gasteiger partial charge in [0.05, 0.1) is 29.9 Å². The quantitative estimate of drug-likeness (QED) is 0.660. The molecule has 30 heavy (non-hydrogen) atoms. The number of carbonyl (C=O) groups is 1. The van der Waals surface area contributed by atoms with Crippen molar-refractivity contribution >= 4 is 17.0 Å². The molecule has 3 heterocycles. The summed E-state index contributed by atoms with van der Waals surface area (Å²) in [6, 6.07) is 4.34. The molecule has 158 valence electrons. The van der Waals surface area contributed by atoms with Gasteiger partial charge in [-0.25, -0.2) is 14.8 Å². The molecule has 3 aromatic heterocycles. The lowest BCUT2D eigenvalue weighted by Crippen LogP contribution is -2.36. The first-order chi connectivity index (χ1) is 14.3. The van der Waals surface area contributed by atoms with Gasteiger partial charge < -0.3 is 10.1 Å². The van der Waals surface area contributed by atoms with E-state index in [2.05, 4.69) is 26.1 Å². The van der Waals surface area contributed by atoms with E-state index in [4.69, 9.17) is 9.90 Å². The maximum absolute atomic E-state index is 10.6. The summed E-state index contributed by atoms with van der Waals surface area (Å²) in [4.78, 5) is 20.7. The molecule has 0 atom stereocenters. The number of nitriles is 1. The Morgan fingerprint density at radius 2 is 2.00 bits per heavy atom. The fourth-order valence-electron chi connectivity index (χ4n) is 3.65. The molecule has 0 aromatic carbocycles. The molecule has 1 aliphatic rings. The summed E-state index contributed by atoms with van der Waals surface area (Å²) in [6.45, 7) is 0. The molecule has 0 spiro atoms. The number of rotatable bonds is 3. The third kappa shape index (κ3) is 4.42. The summed E-state index contributed by atoms with van der Waals surface area (Å²) in [5, 5.41) is 22.0. The zero-order chi connectivity index (χ0) is 21.8. The van der Waals surface area contributed by atoms with Crippen molar-refractivity contribution in [2.75, 3.05) is 0 Å². The lowest BCUT2D eigenvalue weighted by Gasteiger charge is -2.35. The van der Waals surface area contributed by atoms with E-state index in [0.29, 0.717) is 6.42 Å². The minimum Gasteiger partial charge on any atom is -0.475 e. The third-order valence-electron chi connectivity index (χ3n) is 5.13. The van der Waals surface area contributed by atoms with Crippen LogP contribution < -0.4 is 0 Å². The monoisotopic (exact) mass is 420 g/mol. The molecule has 0 amide bonds. The number of carboxylic acids is 1. The Labute approximate surface area is 169 Å². The molecule has 1 fully saturated rings. The zero-order valence-electron chi connectivity index (χ0n) is 15.9. The van der Waals surface area contributed by atoms with Gasteiger partial charge in [0.1, 0.15) is 12.0 Å². The van der Waals surface area contributed by atoms with E-state index in [0.717, 1.165) is 48.0 Å². The minimum absolute atomic E-state index is 0.157. The van der Waals surface area contributed by atoms with Crippen molar-refractivity contribution in [3.05, 3.63) is 31.0 Å². The van der Waals surface area contributed by atoms with E-state index >= 15 is 0 Å². The summed E-state index contributed by atoms with van der Waals surface area (Å²) in [7, 11) is 0. The highest BCUT2D eigenvalue weighted by atomic mass is 19.4. The molecule has 1 saturated carbocycles. The maximum Gasteiger partial charge on any atom is 0.490 e. The highest BCUT2D eigenvalue weighted by molar-refractivity contribution is 5.89. The lowest BCUT2D eigenvalue weighted by atomic mass is 9.80. The molecule has 8 nitrogen and oxygen atoms in total. The van der Waals surface area contributed by atoms with Crippen LogP contribution in [-0.4, -0.2) is 42.0 Å². The molecule has 11 heteroatoms. The van der Waals surface area contributed by atoms with Crippen LogP contribution in [0.25, 0.3) is 22.3 Å². The van der Waals surface area contributed by atoms with Crippen molar-refractivity contribution in [2.45, 2.75) is 50.2 Å². The van der Waals surface area contributed by atoms with Crippen LogP contribution in [0, 0.1) is 11.3 Å². The summed E-state index contributed by atoms with van der Waals surface area (Å²) in [5.41, 5.74) is 2.52. The molecule has 4 rings (SSSR count). The first kappa shape index (κ1) is 21.3. The number of aromatic amines is 1. The van der Waals surface area contributed by atoms with Gasteiger partial charge in [-0.15, -0.1) is 0 Å². The van der Waals surface area contributed by atoms with Crippen LogP contribution in [0.4, 0.5) is 13.2 Å². The molecule has 0 bridgehead atoms. The van der Waals surface area contributed by atoms with Crippen molar-refractivity contribution in [2.24, 2.45) is 0 Å². The summed E-state index contributed by atoms with van der Waals surface area (Å²) >= 11 is 0. The molecule has 0 radical (unpaired) electrons. The van der Waals surface area contributed by atoms with Crippen LogP contribution in [0.1, 0.15) is 38.5 Å². The van der Waals surface area contributed by atoms with E-state index in [-0.39, 0.29) is 5.54 Å². The molecular formula is C19H19F3N6O2. The van der Waals surface area contributed by atoms with Crippen molar-refractivity contribution in [3.8, 4) is 17.3 Å². The summed E-state index contributed by atoms with van der Waals surface area (Å²) in [6.07, 6.45) is 8.35. The largest absolute Gasteiger partial charge is 0.490 e. The average Bonchev–Trinajstić information content (AvgIpc) is 3.38. The first-order valence-electron chi connectivity index (χ1n) is 9.27. The number of aliphatic carboxylic acids is 1. The Balaban J connectivity index is 0.000000318. The van der Waals surface area contributed by atoms with Gasteiger partial charge in [0, 0.05) is 23.3 Å². The van der Waals surface area contributed by atoms with E-state index in [1.165, 1.54) is 6.42 Å². The van der Waals surface area contributed by atoms with E-state index < -0.39 is 12.1 Å². The number of hydrogen-bond donors (Lipinski definition) is 2. The van der Waals surface area contributed by atoms with E-state index in [1.54, 1.807) is 6.33 Å². The van der Waals surface area contributed by atoms with Gasteiger partial charge in [0.2, 0.25) is 0 Å². The number of aromatic nitrogens is 5. The molecule has 0 aliphatic heterocycles. The molecule has 3 aromatic rings. The smallest absolute Gasteiger partial charge is 0.475 e. The average molecular weight is 420 g/mol.